The monoisotopic (exact) mass is 226 g/mol. The lowest BCUT2D eigenvalue weighted by molar-refractivity contribution is 0.388. The van der Waals surface area contributed by atoms with Gasteiger partial charge in [0.1, 0.15) is 0 Å². The second-order valence-corrected chi connectivity index (χ2v) is 5.26. The van der Waals surface area contributed by atoms with Gasteiger partial charge in [-0.25, -0.2) is 0 Å². The molecular formula is C10H11ClN2S. The van der Waals surface area contributed by atoms with Crippen LogP contribution in [0.5, 0.6) is 0 Å². The van der Waals surface area contributed by atoms with E-state index >= 15 is 0 Å². The lowest BCUT2D eigenvalue weighted by atomic mass is 9.79. The van der Waals surface area contributed by atoms with Gasteiger partial charge in [-0.2, -0.15) is 5.26 Å². The Labute approximate surface area is 92.5 Å². The normalized spacial score (nSPS) is 20.3. The molecular weight excluding hydrogens is 216 g/mol. The van der Waals surface area contributed by atoms with Crippen molar-refractivity contribution < 1.29 is 0 Å². The van der Waals surface area contributed by atoms with Crippen LogP contribution in [-0.4, -0.2) is 13.1 Å². The van der Waals surface area contributed by atoms with E-state index in [2.05, 4.69) is 11.4 Å². The minimum atomic E-state index is -0.289. The van der Waals surface area contributed by atoms with Crippen LogP contribution in [0, 0.1) is 11.3 Å². The van der Waals surface area contributed by atoms with Gasteiger partial charge in [-0.1, -0.05) is 11.6 Å². The van der Waals surface area contributed by atoms with Crippen molar-refractivity contribution in [1.29, 1.82) is 5.26 Å². The molecule has 0 saturated carbocycles. The van der Waals surface area contributed by atoms with Crippen molar-refractivity contribution in [3.8, 4) is 6.07 Å². The zero-order valence-electron chi connectivity index (χ0n) is 7.72. The Balaban J connectivity index is 2.32. The van der Waals surface area contributed by atoms with Crippen molar-refractivity contribution >= 4 is 22.9 Å². The molecule has 1 aromatic rings. The van der Waals surface area contributed by atoms with Crippen LogP contribution in [0.2, 0.25) is 4.34 Å². The van der Waals surface area contributed by atoms with E-state index in [1.54, 1.807) is 0 Å². The summed E-state index contributed by atoms with van der Waals surface area (Å²) in [7, 11) is 0. The van der Waals surface area contributed by atoms with Crippen LogP contribution in [0.25, 0.3) is 0 Å². The summed E-state index contributed by atoms with van der Waals surface area (Å²) in [6.45, 7) is 1.84. The fourth-order valence-electron chi connectivity index (χ4n) is 1.84. The summed E-state index contributed by atoms with van der Waals surface area (Å²) in [6, 6.07) is 6.32. The molecule has 0 spiro atoms. The smallest absolute Gasteiger partial charge is 0.0939 e. The van der Waals surface area contributed by atoms with Crippen LogP contribution < -0.4 is 5.32 Å². The van der Waals surface area contributed by atoms with Gasteiger partial charge < -0.3 is 5.32 Å². The molecule has 2 heterocycles. The summed E-state index contributed by atoms with van der Waals surface area (Å²) in [4.78, 5) is 1.12. The minimum absolute atomic E-state index is 0.289. The van der Waals surface area contributed by atoms with E-state index in [4.69, 9.17) is 11.6 Å². The zero-order chi connectivity index (χ0) is 10.0. The van der Waals surface area contributed by atoms with Crippen LogP contribution in [0.3, 0.4) is 0 Å². The Hall–Kier alpha value is -0.560. The van der Waals surface area contributed by atoms with Gasteiger partial charge in [-0.05, 0) is 38.1 Å². The van der Waals surface area contributed by atoms with Gasteiger partial charge >= 0.3 is 0 Å². The maximum absolute atomic E-state index is 9.29. The molecule has 1 aromatic heterocycles. The number of nitrogens with zero attached hydrogens (tertiary/aromatic N) is 1. The third-order valence-electron chi connectivity index (χ3n) is 2.72. The number of rotatable bonds is 1. The van der Waals surface area contributed by atoms with Crippen LogP contribution in [0.4, 0.5) is 0 Å². The summed E-state index contributed by atoms with van der Waals surface area (Å²) in [5, 5.41) is 12.6. The maximum Gasteiger partial charge on any atom is 0.0939 e. The van der Waals surface area contributed by atoms with Crippen molar-refractivity contribution in [3.05, 3.63) is 21.3 Å². The molecule has 1 saturated heterocycles. The second-order valence-electron chi connectivity index (χ2n) is 3.55. The van der Waals surface area contributed by atoms with Crippen molar-refractivity contribution in [2.24, 2.45) is 0 Å². The molecule has 0 aliphatic carbocycles. The first-order chi connectivity index (χ1) is 6.77. The number of piperidine rings is 1. The molecule has 14 heavy (non-hydrogen) atoms. The largest absolute Gasteiger partial charge is 0.317 e. The molecule has 1 aliphatic heterocycles. The van der Waals surface area contributed by atoms with E-state index in [-0.39, 0.29) is 5.41 Å². The number of nitriles is 1. The van der Waals surface area contributed by atoms with Crippen molar-refractivity contribution in [2.45, 2.75) is 18.3 Å². The van der Waals surface area contributed by atoms with Gasteiger partial charge in [0.15, 0.2) is 0 Å². The van der Waals surface area contributed by atoms with Gasteiger partial charge in [0.25, 0.3) is 0 Å². The summed E-state index contributed by atoms with van der Waals surface area (Å²) >= 11 is 7.42. The molecule has 0 bridgehead atoms. The van der Waals surface area contributed by atoms with E-state index in [1.807, 2.05) is 12.1 Å². The summed E-state index contributed by atoms with van der Waals surface area (Å²) in [5.41, 5.74) is -0.289. The second kappa shape index (κ2) is 3.90. The highest BCUT2D eigenvalue weighted by molar-refractivity contribution is 7.16. The van der Waals surface area contributed by atoms with Gasteiger partial charge in [-0.15, -0.1) is 11.3 Å². The zero-order valence-corrected chi connectivity index (χ0v) is 9.29. The quantitative estimate of drug-likeness (QED) is 0.799. The SMILES string of the molecule is N#CC1(c2ccc(Cl)s2)CCNCC1. The lowest BCUT2D eigenvalue weighted by Gasteiger charge is -2.30. The van der Waals surface area contributed by atoms with Gasteiger partial charge in [0.2, 0.25) is 0 Å². The standard InChI is InChI=1S/C10H11ClN2S/c11-9-2-1-8(14-9)10(7-12)3-5-13-6-4-10/h1-2,13H,3-6H2. The average molecular weight is 227 g/mol. The predicted molar refractivity (Wildman–Crippen MR) is 58.7 cm³/mol. The molecule has 1 aliphatic rings. The molecule has 0 aromatic carbocycles. The first-order valence-electron chi connectivity index (χ1n) is 4.65. The van der Waals surface area contributed by atoms with Crippen molar-refractivity contribution in [1.82, 2.24) is 5.32 Å². The van der Waals surface area contributed by atoms with E-state index < -0.39 is 0 Å². The molecule has 2 nitrogen and oxygen atoms in total. The number of thiophene rings is 1. The van der Waals surface area contributed by atoms with Gasteiger partial charge in [0, 0.05) is 4.88 Å². The molecule has 0 radical (unpaired) electrons. The van der Waals surface area contributed by atoms with Crippen molar-refractivity contribution in [3.63, 3.8) is 0 Å². The molecule has 0 unspecified atom stereocenters. The Morgan fingerprint density at radius 1 is 1.43 bits per heavy atom. The van der Waals surface area contributed by atoms with Gasteiger partial charge in [0.05, 0.1) is 15.8 Å². The Morgan fingerprint density at radius 3 is 2.64 bits per heavy atom. The molecule has 1 fully saturated rings. The summed E-state index contributed by atoms with van der Waals surface area (Å²) < 4.78 is 0.771. The molecule has 0 atom stereocenters. The van der Waals surface area contributed by atoms with E-state index in [0.717, 1.165) is 35.1 Å². The van der Waals surface area contributed by atoms with Crippen molar-refractivity contribution in [2.75, 3.05) is 13.1 Å². The molecule has 1 N–H and O–H groups in total. The van der Waals surface area contributed by atoms with E-state index in [1.165, 1.54) is 11.3 Å². The highest BCUT2D eigenvalue weighted by Gasteiger charge is 2.35. The number of hydrogen-bond acceptors (Lipinski definition) is 3. The first kappa shape index (κ1) is 9.97. The Morgan fingerprint density at radius 2 is 2.14 bits per heavy atom. The van der Waals surface area contributed by atoms with Crippen LogP contribution in [0.1, 0.15) is 17.7 Å². The molecule has 4 heteroatoms. The number of nitrogens with one attached hydrogen (secondary N) is 1. The van der Waals surface area contributed by atoms with Crippen LogP contribution >= 0.6 is 22.9 Å². The lowest BCUT2D eigenvalue weighted by Crippen LogP contribution is -2.38. The highest BCUT2D eigenvalue weighted by Crippen LogP contribution is 2.38. The van der Waals surface area contributed by atoms with E-state index in [9.17, 15) is 5.26 Å². The number of hydrogen-bond donors (Lipinski definition) is 1. The predicted octanol–water partition coefficient (Wildman–Crippen LogP) is 2.55. The Kier molecular flexibility index (Phi) is 2.78. The number of halogens is 1. The highest BCUT2D eigenvalue weighted by atomic mass is 35.5. The minimum Gasteiger partial charge on any atom is -0.317 e. The molecule has 74 valence electrons. The summed E-state index contributed by atoms with van der Waals surface area (Å²) in [5.74, 6) is 0. The fraction of sp³-hybridized carbons (Fsp3) is 0.500. The maximum atomic E-state index is 9.29. The first-order valence-corrected chi connectivity index (χ1v) is 5.84. The molecule has 2 rings (SSSR count). The van der Waals surface area contributed by atoms with Crippen LogP contribution in [0.15, 0.2) is 12.1 Å². The Bertz CT molecular complexity index is 360. The van der Waals surface area contributed by atoms with E-state index in [0.29, 0.717) is 0 Å². The summed E-state index contributed by atoms with van der Waals surface area (Å²) in [6.07, 6.45) is 1.78. The van der Waals surface area contributed by atoms with Crippen LogP contribution in [-0.2, 0) is 5.41 Å². The fourth-order valence-corrected chi connectivity index (χ4v) is 3.08. The topological polar surface area (TPSA) is 35.8 Å². The van der Waals surface area contributed by atoms with Gasteiger partial charge in [-0.3, -0.25) is 0 Å². The molecule has 0 amide bonds. The third kappa shape index (κ3) is 1.66. The third-order valence-corrected chi connectivity index (χ3v) is 4.15. The average Bonchev–Trinajstić information content (AvgIpc) is 2.66.